The van der Waals surface area contributed by atoms with Crippen molar-refractivity contribution in [3.8, 4) is 11.5 Å². The number of carbonyl (C=O) groups is 1. The van der Waals surface area contributed by atoms with E-state index >= 15 is 0 Å². The molecule has 0 spiro atoms. The molecule has 2 aromatic carbocycles. The van der Waals surface area contributed by atoms with E-state index in [0.717, 1.165) is 11.1 Å². The summed E-state index contributed by atoms with van der Waals surface area (Å²) < 4.78 is 5.37. The Morgan fingerprint density at radius 3 is 1.95 bits per heavy atom. The normalized spacial score (nSPS) is 11.2. The highest BCUT2D eigenvalue weighted by molar-refractivity contribution is 5.77. The lowest BCUT2D eigenvalue weighted by Crippen LogP contribution is -2.18. The number of ether oxygens (including phenoxy) is 1. The maximum Gasteiger partial charge on any atom is 0.167 e. The smallest absolute Gasteiger partial charge is 0.167 e. The number of Topliss-reactive ketones (excluding diaryl/α,β-unsaturated/α-hetero) is 1. The van der Waals surface area contributed by atoms with E-state index in [1.54, 1.807) is 12.1 Å². The molecule has 0 bridgehead atoms. The molecular formula is C18H20O3. The van der Waals surface area contributed by atoms with Crippen molar-refractivity contribution < 1.29 is 14.6 Å². The van der Waals surface area contributed by atoms with Crippen molar-refractivity contribution >= 4 is 5.78 Å². The molecule has 1 N–H and O–H groups in total. The number of hydrogen-bond acceptors (Lipinski definition) is 3. The van der Waals surface area contributed by atoms with Gasteiger partial charge in [0.2, 0.25) is 0 Å². The summed E-state index contributed by atoms with van der Waals surface area (Å²) in [5, 5.41) is 9.39. The van der Waals surface area contributed by atoms with E-state index in [2.05, 4.69) is 13.8 Å². The number of phenols is 1. The molecule has 2 aromatic rings. The molecule has 0 atom stereocenters. The largest absolute Gasteiger partial charge is 0.508 e. The zero-order chi connectivity index (χ0) is 15.5. The molecule has 0 aliphatic carbocycles. The van der Waals surface area contributed by atoms with E-state index in [1.807, 2.05) is 36.4 Å². The van der Waals surface area contributed by atoms with E-state index in [9.17, 15) is 9.90 Å². The van der Waals surface area contributed by atoms with Gasteiger partial charge < -0.3 is 9.84 Å². The molecule has 0 aliphatic rings. The third-order valence-corrected chi connectivity index (χ3v) is 3.61. The minimum Gasteiger partial charge on any atom is -0.508 e. The zero-order valence-corrected chi connectivity index (χ0v) is 12.6. The maximum atomic E-state index is 10.9. The molecule has 110 valence electrons. The van der Waals surface area contributed by atoms with Crippen LogP contribution in [0.5, 0.6) is 11.5 Å². The quantitative estimate of drug-likeness (QED) is 0.911. The van der Waals surface area contributed by atoms with Gasteiger partial charge >= 0.3 is 0 Å². The van der Waals surface area contributed by atoms with Crippen molar-refractivity contribution in [3.63, 3.8) is 0 Å². The Balaban J connectivity index is 2.20. The predicted octanol–water partition coefficient (Wildman–Crippen LogP) is 3.69. The van der Waals surface area contributed by atoms with Gasteiger partial charge in [0, 0.05) is 5.41 Å². The van der Waals surface area contributed by atoms with Crippen molar-refractivity contribution in [1.29, 1.82) is 0 Å². The molecule has 0 fully saturated rings. The molecule has 0 radical (unpaired) electrons. The lowest BCUT2D eigenvalue weighted by atomic mass is 9.78. The average molecular weight is 284 g/mol. The van der Waals surface area contributed by atoms with Crippen LogP contribution in [-0.2, 0) is 10.2 Å². The van der Waals surface area contributed by atoms with Crippen LogP contribution in [0, 0.1) is 0 Å². The Morgan fingerprint density at radius 1 is 1.00 bits per heavy atom. The summed E-state index contributed by atoms with van der Waals surface area (Å²) in [5.41, 5.74) is 2.09. The summed E-state index contributed by atoms with van der Waals surface area (Å²) in [4.78, 5) is 10.9. The minimum absolute atomic E-state index is 0.00324. The van der Waals surface area contributed by atoms with Crippen LogP contribution in [0.25, 0.3) is 0 Å². The minimum atomic E-state index is -0.174. The van der Waals surface area contributed by atoms with Gasteiger partial charge in [-0.2, -0.15) is 0 Å². The van der Waals surface area contributed by atoms with Crippen molar-refractivity contribution in [3.05, 3.63) is 59.7 Å². The number of phenolic OH excluding ortho intramolecular Hbond substituents is 1. The van der Waals surface area contributed by atoms with Gasteiger partial charge in [0.15, 0.2) is 5.78 Å². The van der Waals surface area contributed by atoms with Gasteiger partial charge in [-0.05, 0) is 42.3 Å². The van der Waals surface area contributed by atoms with Crippen LogP contribution in [0.3, 0.4) is 0 Å². The third-order valence-electron chi connectivity index (χ3n) is 3.61. The first-order valence-corrected chi connectivity index (χ1v) is 6.92. The molecule has 3 heteroatoms. The van der Waals surface area contributed by atoms with Crippen LogP contribution >= 0.6 is 0 Å². The Kier molecular flexibility index (Phi) is 4.32. The highest BCUT2D eigenvalue weighted by atomic mass is 16.5. The predicted molar refractivity (Wildman–Crippen MR) is 82.9 cm³/mol. The van der Waals surface area contributed by atoms with Crippen LogP contribution in [0.2, 0.25) is 0 Å². The molecule has 3 nitrogen and oxygen atoms in total. The number of ketones is 1. The summed E-state index contributed by atoms with van der Waals surface area (Å²) in [5.74, 6) is 0.960. The highest BCUT2D eigenvalue weighted by Gasteiger charge is 2.22. The first-order valence-electron chi connectivity index (χ1n) is 6.92. The van der Waals surface area contributed by atoms with Crippen molar-refractivity contribution in [1.82, 2.24) is 0 Å². The fourth-order valence-electron chi connectivity index (χ4n) is 2.20. The lowest BCUT2D eigenvalue weighted by molar-refractivity contribution is -0.118. The zero-order valence-electron chi connectivity index (χ0n) is 12.6. The molecule has 0 saturated carbocycles. The van der Waals surface area contributed by atoms with E-state index in [1.165, 1.54) is 6.92 Å². The summed E-state index contributed by atoms with van der Waals surface area (Å²) >= 11 is 0. The van der Waals surface area contributed by atoms with Crippen LogP contribution in [0.15, 0.2) is 48.5 Å². The SMILES string of the molecule is CC(=O)COc1ccc(C(C)(C)c2ccc(O)cc2)cc1. The molecule has 0 heterocycles. The second-order valence-electron chi connectivity index (χ2n) is 5.69. The van der Waals surface area contributed by atoms with E-state index < -0.39 is 0 Å². The molecule has 0 unspecified atom stereocenters. The van der Waals surface area contributed by atoms with Gasteiger partial charge in [-0.15, -0.1) is 0 Å². The first-order chi connectivity index (χ1) is 9.89. The van der Waals surface area contributed by atoms with Gasteiger partial charge in [-0.25, -0.2) is 0 Å². The molecule has 21 heavy (non-hydrogen) atoms. The summed E-state index contributed by atoms with van der Waals surface area (Å²) in [7, 11) is 0. The number of hydrogen-bond donors (Lipinski definition) is 1. The van der Waals surface area contributed by atoms with E-state index in [0.29, 0.717) is 5.75 Å². The Hall–Kier alpha value is -2.29. The topological polar surface area (TPSA) is 46.5 Å². The Morgan fingerprint density at radius 2 is 1.48 bits per heavy atom. The number of benzene rings is 2. The average Bonchev–Trinajstić information content (AvgIpc) is 2.46. The lowest BCUT2D eigenvalue weighted by Gasteiger charge is -2.26. The van der Waals surface area contributed by atoms with Crippen LogP contribution in [-0.4, -0.2) is 17.5 Å². The van der Waals surface area contributed by atoms with E-state index in [4.69, 9.17) is 4.74 Å². The van der Waals surface area contributed by atoms with Gasteiger partial charge in [-0.3, -0.25) is 4.79 Å². The molecule has 0 aromatic heterocycles. The van der Waals surface area contributed by atoms with Gasteiger partial charge in [-0.1, -0.05) is 38.1 Å². The van der Waals surface area contributed by atoms with Crippen LogP contribution < -0.4 is 4.74 Å². The fourth-order valence-corrected chi connectivity index (χ4v) is 2.20. The second-order valence-corrected chi connectivity index (χ2v) is 5.69. The Bertz CT molecular complexity index is 610. The molecule has 0 aliphatic heterocycles. The molecule has 2 rings (SSSR count). The molecule has 0 amide bonds. The van der Waals surface area contributed by atoms with Crippen molar-refractivity contribution in [2.75, 3.05) is 6.61 Å². The molecule has 0 saturated heterocycles. The summed E-state index contributed by atoms with van der Waals surface area (Å²) in [6, 6.07) is 15.0. The maximum absolute atomic E-state index is 10.9. The van der Waals surface area contributed by atoms with Crippen molar-refractivity contribution in [2.45, 2.75) is 26.2 Å². The van der Waals surface area contributed by atoms with Crippen LogP contribution in [0.4, 0.5) is 0 Å². The van der Waals surface area contributed by atoms with E-state index in [-0.39, 0.29) is 23.6 Å². The van der Waals surface area contributed by atoms with Gasteiger partial charge in [0.25, 0.3) is 0 Å². The first kappa shape index (κ1) is 15.1. The van der Waals surface area contributed by atoms with Crippen molar-refractivity contribution in [2.24, 2.45) is 0 Å². The highest BCUT2D eigenvalue weighted by Crippen LogP contribution is 2.33. The molecular weight excluding hydrogens is 264 g/mol. The fraction of sp³-hybridized carbons (Fsp3) is 0.278. The third kappa shape index (κ3) is 3.63. The van der Waals surface area contributed by atoms with Crippen LogP contribution in [0.1, 0.15) is 31.9 Å². The van der Waals surface area contributed by atoms with Gasteiger partial charge in [0.1, 0.15) is 18.1 Å². The monoisotopic (exact) mass is 284 g/mol. The number of rotatable bonds is 5. The Labute approximate surface area is 125 Å². The van der Waals surface area contributed by atoms with Gasteiger partial charge in [0.05, 0.1) is 0 Å². The standard InChI is InChI=1S/C18H20O3/c1-13(19)12-21-17-10-6-15(7-11-17)18(2,3)14-4-8-16(20)9-5-14/h4-11,20H,12H2,1-3H3. The summed E-state index contributed by atoms with van der Waals surface area (Å²) in [6.45, 7) is 5.86. The number of aromatic hydroxyl groups is 1. The second kappa shape index (κ2) is 6.00. The summed E-state index contributed by atoms with van der Waals surface area (Å²) in [6.07, 6.45) is 0. The number of carbonyl (C=O) groups excluding carboxylic acids is 1.